The third kappa shape index (κ3) is 5.11. The number of benzene rings is 8. The zero-order valence-corrected chi connectivity index (χ0v) is 29.9. The molecule has 9 rings (SSSR count). The average molecular weight is 664 g/mol. The molecule has 52 heavy (non-hydrogen) atoms. The first-order chi connectivity index (χ1) is 25.2. The zero-order chi connectivity index (χ0) is 35.6. The van der Waals surface area contributed by atoms with Crippen molar-refractivity contribution in [2.75, 3.05) is 0 Å². The molecule has 9 aromatic rings. The number of fused-ring (bicyclic) bond motifs is 4. The van der Waals surface area contributed by atoms with Gasteiger partial charge in [-0.3, -0.25) is 4.57 Å². The molecule has 1 N–H and O–H groups in total. The highest BCUT2D eigenvalue weighted by Gasteiger charge is 2.41. The van der Waals surface area contributed by atoms with Crippen molar-refractivity contribution in [2.45, 2.75) is 10.6 Å². The standard InChI is InChI=1S/C45H36B4N2O/c46-44(52,45(47,48)49)43-50-39-20-10-11-21-40(39)51(43)32-25-24-29-26-31(23-22-30(29)27-32)41-35-16-6-8-18-37(35)42(38-19-9-7-17-36(38)41)34-15-5-4-14-33(34)28-12-2-1-3-13-28/h1-27,52H,46-49H2. The molecule has 3 nitrogen and oxygen atoms in total. The second-order valence-corrected chi connectivity index (χ2v) is 15.1. The molecule has 1 aromatic heterocycles. The molecule has 0 aliphatic rings. The van der Waals surface area contributed by atoms with Crippen LogP contribution in [-0.2, 0) is 5.50 Å². The third-order valence-corrected chi connectivity index (χ3v) is 11.0. The van der Waals surface area contributed by atoms with Gasteiger partial charge in [0.1, 0.15) is 5.82 Å². The Morgan fingerprint density at radius 1 is 0.481 bits per heavy atom. The fourth-order valence-corrected chi connectivity index (χ4v) is 7.78. The number of hydrogen-bond acceptors (Lipinski definition) is 2. The van der Waals surface area contributed by atoms with Crippen LogP contribution in [0, 0.1) is 0 Å². The predicted octanol–water partition coefficient (Wildman–Crippen LogP) is 7.24. The average Bonchev–Trinajstić information content (AvgIpc) is 3.57. The Morgan fingerprint density at radius 2 is 1.02 bits per heavy atom. The van der Waals surface area contributed by atoms with Crippen molar-refractivity contribution in [3.63, 3.8) is 0 Å². The van der Waals surface area contributed by atoms with Gasteiger partial charge in [-0.25, -0.2) is 4.98 Å². The van der Waals surface area contributed by atoms with Crippen LogP contribution in [-0.4, -0.2) is 46.0 Å². The highest BCUT2D eigenvalue weighted by Crippen LogP contribution is 2.46. The monoisotopic (exact) mass is 664 g/mol. The van der Waals surface area contributed by atoms with Crippen LogP contribution < -0.4 is 0 Å². The number of para-hydroxylation sites is 2. The van der Waals surface area contributed by atoms with Crippen molar-refractivity contribution in [3.8, 4) is 39.1 Å². The van der Waals surface area contributed by atoms with Crippen LogP contribution in [0.15, 0.2) is 164 Å². The van der Waals surface area contributed by atoms with E-state index in [4.69, 9.17) is 4.98 Å². The first-order valence-electron chi connectivity index (χ1n) is 18.0. The highest BCUT2D eigenvalue weighted by atomic mass is 16.3. The summed E-state index contributed by atoms with van der Waals surface area (Å²) in [7, 11) is 8.04. The largest absolute Gasteiger partial charge is 0.393 e. The first-order valence-corrected chi connectivity index (χ1v) is 18.0. The van der Waals surface area contributed by atoms with Gasteiger partial charge in [0.15, 0.2) is 7.85 Å². The summed E-state index contributed by atoms with van der Waals surface area (Å²) in [5.74, 6) is 0.643. The molecule has 0 saturated carbocycles. The maximum absolute atomic E-state index is 11.9. The summed E-state index contributed by atoms with van der Waals surface area (Å²) in [6.45, 7) is 0. The van der Waals surface area contributed by atoms with E-state index in [-0.39, 0.29) is 0 Å². The van der Waals surface area contributed by atoms with Crippen molar-refractivity contribution in [1.29, 1.82) is 0 Å². The van der Waals surface area contributed by atoms with Crippen LogP contribution in [0.5, 0.6) is 0 Å². The molecule has 8 aromatic carbocycles. The van der Waals surface area contributed by atoms with Gasteiger partial charge in [0.2, 0.25) is 0 Å². The normalized spacial score (nSPS) is 13.2. The van der Waals surface area contributed by atoms with Crippen molar-refractivity contribution >= 4 is 74.7 Å². The van der Waals surface area contributed by atoms with Crippen LogP contribution in [0.25, 0.3) is 82.4 Å². The van der Waals surface area contributed by atoms with Gasteiger partial charge in [-0.1, -0.05) is 139 Å². The number of rotatable bonds is 6. The van der Waals surface area contributed by atoms with Gasteiger partial charge in [0, 0.05) is 5.69 Å². The fraction of sp³-hybridized carbons (Fsp3) is 0.0444. The minimum absolute atomic E-state index is 0.428. The van der Waals surface area contributed by atoms with Gasteiger partial charge in [-0.2, -0.15) is 0 Å². The minimum Gasteiger partial charge on any atom is -0.393 e. The Morgan fingerprint density at radius 3 is 1.69 bits per heavy atom. The van der Waals surface area contributed by atoms with E-state index in [0.717, 1.165) is 27.5 Å². The van der Waals surface area contributed by atoms with E-state index in [9.17, 15) is 5.11 Å². The molecule has 1 atom stereocenters. The van der Waals surface area contributed by atoms with Crippen LogP contribution in [0.2, 0.25) is 5.11 Å². The van der Waals surface area contributed by atoms with Crippen LogP contribution in [0.1, 0.15) is 5.82 Å². The summed E-state index contributed by atoms with van der Waals surface area (Å²) in [6, 6.07) is 58.7. The summed E-state index contributed by atoms with van der Waals surface area (Å²) in [5.41, 5.74) is 9.00. The fourth-order valence-electron chi connectivity index (χ4n) is 7.78. The molecule has 0 saturated heterocycles. The number of aromatic nitrogens is 2. The Balaban J connectivity index is 1.24. The topological polar surface area (TPSA) is 38.1 Å². The molecule has 0 aliphatic heterocycles. The molecule has 7 heteroatoms. The predicted molar refractivity (Wildman–Crippen MR) is 231 cm³/mol. The van der Waals surface area contributed by atoms with E-state index in [2.05, 4.69) is 174 Å². The van der Waals surface area contributed by atoms with Crippen molar-refractivity contribution in [2.24, 2.45) is 0 Å². The Hall–Kier alpha value is -5.77. The van der Waals surface area contributed by atoms with Crippen molar-refractivity contribution in [1.82, 2.24) is 9.55 Å². The lowest BCUT2D eigenvalue weighted by Crippen LogP contribution is -2.44. The van der Waals surface area contributed by atoms with E-state index in [0.29, 0.717) is 5.82 Å². The molecule has 0 aliphatic carbocycles. The van der Waals surface area contributed by atoms with E-state index in [1.165, 1.54) is 54.9 Å². The molecule has 0 amide bonds. The Labute approximate surface area is 307 Å². The molecule has 0 fully saturated rings. The van der Waals surface area contributed by atoms with Crippen molar-refractivity contribution in [3.05, 3.63) is 170 Å². The molecule has 1 unspecified atom stereocenters. The number of hydrogen-bond donors (Lipinski definition) is 1. The lowest BCUT2D eigenvalue weighted by Gasteiger charge is -2.37. The lowest BCUT2D eigenvalue weighted by molar-refractivity contribution is 0.118. The number of nitrogens with zero attached hydrogens (tertiary/aromatic N) is 2. The van der Waals surface area contributed by atoms with Gasteiger partial charge in [-0.05, 0) is 96.0 Å². The van der Waals surface area contributed by atoms with E-state index in [1.54, 1.807) is 0 Å². The highest BCUT2D eigenvalue weighted by molar-refractivity contribution is 6.62. The molecular formula is C45H36B4N2O. The second-order valence-electron chi connectivity index (χ2n) is 15.1. The number of imidazole rings is 1. The molecule has 1 heterocycles. The van der Waals surface area contributed by atoms with Gasteiger partial charge < -0.3 is 5.11 Å². The summed E-state index contributed by atoms with van der Waals surface area (Å²) < 4.78 is 2.13. The molecule has 0 radical (unpaired) electrons. The first kappa shape index (κ1) is 32.2. The Kier molecular flexibility index (Phi) is 7.53. The molecule has 0 bridgehead atoms. The van der Waals surface area contributed by atoms with Crippen LogP contribution >= 0.6 is 0 Å². The van der Waals surface area contributed by atoms with E-state index >= 15 is 0 Å². The van der Waals surface area contributed by atoms with Gasteiger partial charge in [-0.15, -0.1) is 0 Å². The Bertz CT molecular complexity index is 2760. The van der Waals surface area contributed by atoms with E-state index in [1.807, 2.05) is 26.0 Å². The maximum atomic E-state index is 11.9. The molecule has 0 spiro atoms. The molecular weight excluding hydrogens is 628 g/mol. The summed E-state index contributed by atoms with van der Waals surface area (Å²) in [5, 5.41) is 18.7. The second kappa shape index (κ2) is 12.2. The van der Waals surface area contributed by atoms with Crippen molar-refractivity contribution < 1.29 is 5.11 Å². The number of aliphatic hydroxyl groups is 1. The van der Waals surface area contributed by atoms with Crippen LogP contribution in [0.3, 0.4) is 0 Å². The quantitative estimate of drug-likeness (QED) is 0.151. The summed E-state index contributed by atoms with van der Waals surface area (Å²) in [4.78, 5) is 4.98. The van der Waals surface area contributed by atoms with Gasteiger partial charge >= 0.3 is 0 Å². The summed E-state index contributed by atoms with van der Waals surface area (Å²) >= 11 is 0. The zero-order valence-electron chi connectivity index (χ0n) is 29.9. The van der Waals surface area contributed by atoms with Gasteiger partial charge in [0.25, 0.3) is 0 Å². The van der Waals surface area contributed by atoms with Gasteiger partial charge in [0.05, 0.1) is 40.1 Å². The maximum Gasteiger partial charge on any atom is 0.150 e. The molecule has 244 valence electrons. The SMILES string of the molecule is BC(B)(B)C(B)(O)c1nc2ccccc2n1-c1ccc2cc(-c3c4ccccc4c(-c4ccccc4-c4ccccc4)c4ccccc34)ccc2c1. The smallest absolute Gasteiger partial charge is 0.150 e. The summed E-state index contributed by atoms with van der Waals surface area (Å²) in [6.07, 6.45) is 0. The van der Waals surface area contributed by atoms with Crippen LogP contribution in [0.4, 0.5) is 0 Å². The minimum atomic E-state index is -1.17. The lowest BCUT2D eigenvalue weighted by atomic mass is 9.32. The third-order valence-electron chi connectivity index (χ3n) is 11.0. The van der Waals surface area contributed by atoms with E-state index < -0.39 is 10.6 Å².